The summed E-state index contributed by atoms with van der Waals surface area (Å²) in [6.07, 6.45) is 3.55. The van der Waals surface area contributed by atoms with E-state index >= 15 is 0 Å². The van der Waals surface area contributed by atoms with Crippen molar-refractivity contribution >= 4 is 0 Å². The van der Waals surface area contributed by atoms with Crippen LogP contribution in [0, 0.1) is 5.82 Å². The number of halogens is 1. The first-order valence-electron chi connectivity index (χ1n) is 8.43. The van der Waals surface area contributed by atoms with Gasteiger partial charge in [-0.05, 0) is 63.5 Å². The van der Waals surface area contributed by atoms with Gasteiger partial charge >= 0.3 is 0 Å². The van der Waals surface area contributed by atoms with E-state index < -0.39 is 0 Å². The summed E-state index contributed by atoms with van der Waals surface area (Å²) < 4.78 is 19.5. The minimum atomic E-state index is -0.201. The van der Waals surface area contributed by atoms with E-state index in [0.29, 0.717) is 6.04 Å². The minimum Gasteiger partial charge on any atom is -0.376 e. The molecule has 2 aliphatic heterocycles. The third-order valence-electron chi connectivity index (χ3n) is 5.68. The summed E-state index contributed by atoms with van der Waals surface area (Å²) in [4.78, 5) is 2.56. The number of likely N-dealkylation sites (tertiary alicyclic amines) is 1. The maximum Gasteiger partial charge on any atom is 0.123 e. The molecule has 22 heavy (non-hydrogen) atoms. The number of nitrogens with zero attached hydrogens (tertiary/aromatic N) is 1. The van der Waals surface area contributed by atoms with Crippen molar-refractivity contribution in [3.8, 4) is 0 Å². The Bertz CT molecular complexity index is 486. The molecule has 0 aliphatic carbocycles. The summed E-state index contributed by atoms with van der Waals surface area (Å²) in [7, 11) is 1.84. The molecule has 2 saturated heterocycles. The molecule has 0 radical (unpaired) electrons. The monoisotopic (exact) mass is 306 g/mol. The molecule has 3 rings (SSSR count). The van der Waals surface area contributed by atoms with Gasteiger partial charge in [0.25, 0.3) is 0 Å². The van der Waals surface area contributed by atoms with Crippen LogP contribution in [0.15, 0.2) is 24.3 Å². The molecule has 4 heteroatoms. The van der Waals surface area contributed by atoms with E-state index in [4.69, 9.17) is 4.74 Å². The van der Waals surface area contributed by atoms with Crippen molar-refractivity contribution in [1.82, 2.24) is 10.2 Å². The molecule has 3 nitrogen and oxygen atoms in total. The summed E-state index contributed by atoms with van der Waals surface area (Å²) in [5.41, 5.74) is 0.967. The Morgan fingerprint density at radius 3 is 2.59 bits per heavy atom. The number of hydrogen-bond donors (Lipinski definition) is 1. The summed E-state index contributed by atoms with van der Waals surface area (Å²) in [5, 5.41) is 3.49. The van der Waals surface area contributed by atoms with E-state index in [2.05, 4.69) is 17.1 Å². The lowest BCUT2D eigenvalue weighted by molar-refractivity contribution is -0.101. The van der Waals surface area contributed by atoms with Crippen LogP contribution >= 0.6 is 0 Å². The van der Waals surface area contributed by atoms with Gasteiger partial charge in [-0.2, -0.15) is 0 Å². The van der Waals surface area contributed by atoms with Crippen LogP contribution in [-0.4, -0.2) is 49.8 Å². The largest absolute Gasteiger partial charge is 0.376 e. The Hall–Kier alpha value is -0.970. The van der Waals surface area contributed by atoms with Gasteiger partial charge in [-0.15, -0.1) is 0 Å². The van der Waals surface area contributed by atoms with Crippen molar-refractivity contribution in [2.75, 3.05) is 33.3 Å². The van der Waals surface area contributed by atoms with Crippen LogP contribution in [0.1, 0.15) is 37.7 Å². The van der Waals surface area contributed by atoms with Crippen molar-refractivity contribution in [1.29, 1.82) is 0 Å². The van der Waals surface area contributed by atoms with Crippen LogP contribution in [0.5, 0.6) is 0 Å². The van der Waals surface area contributed by atoms with Crippen LogP contribution in [0.2, 0.25) is 0 Å². The van der Waals surface area contributed by atoms with Gasteiger partial charge in [-0.1, -0.05) is 12.1 Å². The average Bonchev–Trinajstić information content (AvgIpc) is 3.09. The molecule has 0 spiro atoms. The maximum atomic E-state index is 13.3. The second-order valence-electron chi connectivity index (χ2n) is 6.64. The van der Waals surface area contributed by atoms with Crippen molar-refractivity contribution in [3.63, 3.8) is 0 Å². The van der Waals surface area contributed by atoms with Crippen LogP contribution in [0.4, 0.5) is 4.39 Å². The van der Waals surface area contributed by atoms with Crippen molar-refractivity contribution in [2.24, 2.45) is 0 Å². The molecule has 122 valence electrons. The maximum absolute atomic E-state index is 13.3. The number of rotatable bonds is 4. The van der Waals surface area contributed by atoms with Gasteiger partial charge < -0.3 is 10.1 Å². The van der Waals surface area contributed by atoms with Crippen LogP contribution in [-0.2, 0) is 4.74 Å². The van der Waals surface area contributed by atoms with Gasteiger partial charge in [0, 0.05) is 25.6 Å². The second-order valence-corrected chi connectivity index (χ2v) is 6.64. The number of nitrogens with one attached hydrogen (secondary N) is 1. The molecule has 0 amide bonds. The normalized spacial score (nSPS) is 31.3. The van der Waals surface area contributed by atoms with Gasteiger partial charge in [-0.3, -0.25) is 4.90 Å². The molecule has 1 N–H and O–H groups in total. The highest BCUT2D eigenvalue weighted by molar-refractivity contribution is 5.27. The predicted octanol–water partition coefficient (Wildman–Crippen LogP) is 2.77. The first-order valence-corrected chi connectivity index (χ1v) is 8.43. The molecule has 2 heterocycles. The first kappa shape index (κ1) is 15.9. The highest BCUT2D eigenvalue weighted by atomic mass is 19.1. The quantitative estimate of drug-likeness (QED) is 0.926. The number of benzene rings is 1. The SMILES string of the molecule is COC1(C(C)N2CCCC2)CCNCC1c1ccc(F)cc1. The second kappa shape index (κ2) is 6.65. The van der Waals surface area contributed by atoms with Crippen molar-refractivity contribution in [2.45, 2.75) is 43.7 Å². The van der Waals surface area contributed by atoms with Gasteiger partial charge in [0.1, 0.15) is 5.82 Å². The smallest absolute Gasteiger partial charge is 0.123 e. The summed E-state index contributed by atoms with van der Waals surface area (Å²) >= 11 is 0. The van der Waals surface area contributed by atoms with Gasteiger partial charge in [0.05, 0.1) is 5.60 Å². The number of methoxy groups -OCH3 is 1. The zero-order valence-corrected chi connectivity index (χ0v) is 13.6. The Morgan fingerprint density at radius 1 is 1.27 bits per heavy atom. The molecule has 1 aromatic rings. The zero-order chi connectivity index (χ0) is 15.6. The Labute approximate surface area is 132 Å². The van der Waals surface area contributed by atoms with Crippen molar-refractivity contribution in [3.05, 3.63) is 35.6 Å². The summed E-state index contributed by atoms with van der Waals surface area (Å²) in [6, 6.07) is 7.32. The van der Waals surface area contributed by atoms with E-state index in [1.54, 1.807) is 12.1 Å². The Balaban J connectivity index is 1.92. The molecule has 2 aliphatic rings. The lowest BCUT2D eigenvalue weighted by atomic mass is 9.72. The third-order valence-corrected chi connectivity index (χ3v) is 5.68. The predicted molar refractivity (Wildman–Crippen MR) is 86.6 cm³/mol. The highest BCUT2D eigenvalue weighted by Crippen LogP contribution is 2.41. The Kier molecular flexibility index (Phi) is 4.81. The van der Waals surface area contributed by atoms with Gasteiger partial charge in [-0.25, -0.2) is 4.39 Å². The Morgan fingerprint density at radius 2 is 1.95 bits per heavy atom. The number of hydrogen-bond acceptors (Lipinski definition) is 3. The number of piperidine rings is 1. The molecular formula is C18H27FN2O. The van der Waals surface area contributed by atoms with Crippen molar-refractivity contribution < 1.29 is 9.13 Å². The van der Waals surface area contributed by atoms with Gasteiger partial charge in [0.2, 0.25) is 0 Å². The molecule has 0 bridgehead atoms. The van der Waals surface area contributed by atoms with Crippen LogP contribution in [0.25, 0.3) is 0 Å². The summed E-state index contributed by atoms with van der Waals surface area (Å²) in [5.74, 6) is 0.0746. The topological polar surface area (TPSA) is 24.5 Å². The first-order chi connectivity index (χ1) is 10.7. The summed E-state index contributed by atoms with van der Waals surface area (Å²) in [6.45, 7) is 6.49. The average molecular weight is 306 g/mol. The standard InChI is InChI=1S/C18H27FN2O/c1-14(21-11-3-4-12-21)18(22-2)9-10-20-13-17(18)15-5-7-16(19)8-6-15/h5-8,14,17,20H,3-4,9-13H2,1-2H3. The molecular weight excluding hydrogens is 279 g/mol. The molecule has 0 aromatic heterocycles. The van der Waals surface area contributed by atoms with Gasteiger partial charge in [0.15, 0.2) is 0 Å². The third kappa shape index (κ3) is 2.80. The molecule has 3 unspecified atom stereocenters. The van der Waals surface area contributed by atoms with Crippen LogP contribution < -0.4 is 5.32 Å². The van der Waals surface area contributed by atoms with E-state index in [1.165, 1.54) is 18.4 Å². The van der Waals surface area contributed by atoms with E-state index in [9.17, 15) is 4.39 Å². The van der Waals surface area contributed by atoms with Crippen LogP contribution in [0.3, 0.4) is 0 Å². The van der Waals surface area contributed by atoms with E-state index in [1.807, 2.05) is 19.2 Å². The molecule has 0 saturated carbocycles. The van der Waals surface area contributed by atoms with E-state index in [-0.39, 0.29) is 17.3 Å². The lowest BCUT2D eigenvalue weighted by Crippen LogP contribution is -2.60. The highest BCUT2D eigenvalue weighted by Gasteiger charge is 2.48. The fraction of sp³-hybridized carbons (Fsp3) is 0.667. The number of ether oxygens (including phenoxy) is 1. The molecule has 3 atom stereocenters. The zero-order valence-electron chi connectivity index (χ0n) is 13.6. The fourth-order valence-corrected chi connectivity index (χ4v) is 4.33. The minimum absolute atomic E-state index is 0.178. The molecule has 2 fully saturated rings. The van der Waals surface area contributed by atoms with E-state index in [0.717, 1.165) is 32.6 Å². The fourth-order valence-electron chi connectivity index (χ4n) is 4.33. The lowest BCUT2D eigenvalue weighted by Gasteiger charge is -2.50. The molecule has 1 aromatic carbocycles.